The Hall–Kier alpha value is -3.80. The van der Waals surface area contributed by atoms with E-state index in [9.17, 15) is 13.2 Å². The number of carbonyl (C=O) groups is 1. The molecule has 0 radical (unpaired) electrons. The number of fused-ring (bicyclic) bond motifs is 1. The third-order valence-corrected chi connectivity index (χ3v) is 8.55. The maximum atomic E-state index is 13.7. The Kier molecular flexibility index (Phi) is 8.72. The molecule has 0 N–H and O–H groups in total. The first-order chi connectivity index (χ1) is 18.4. The van der Waals surface area contributed by atoms with Gasteiger partial charge in [-0.05, 0) is 49.4 Å². The molecule has 0 spiro atoms. The third kappa shape index (κ3) is 5.85. The molecule has 1 amide bonds. The van der Waals surface area contributed by atoms with Crippen LogP contribution in [0.4, 0.5) is 5.13 Å². The lowest BCUT2D eigenvalue weighted by atomic mass is 10.2. The number of ether oxygens (including phenoxy) is 1. The maximum Gasteiger partial charge on any atom is 0.260 e. The summed E-state index contributed by atoms with van der Waals surface area (Å²) in [4.78, 5) is 20.2. The minimum Gasteiger partial charge on any atom is -0.492 e. The van der Waals surface area contributed by atoms with Crippen LogP contribution in [0.5, 0.6) is 5.75 Å². The van der Waals surface area contributed by atoms with Crippen molar-refractivity contribution >= 4 is 42.6 Å². The lowest BCUT2D eigenvalue weighted by Crippen LogP contribution is -2.34. The Morgan fingerprint density at radius 3 is 2.47 bits per heavy atom. The molecule has 2 aromatic heterocycles. The van der Waals surface area contributed by atoms with Gasteiger partial charge < -0.3 is 4.74 Å². The van der Waals surface area contributed by atoms with Crippen molar-refractivity contribution in [3.05, 3.63) is 91.8 Å². The molecule has 2 aromatic carbocycles. The van der Waals surface area contributed by atoms with E-state index in [0.717, 1.165) is 4.70 Å². The molecule has 0 aliphatic heterocycles. The molecule has 0 unspecified atom stereocenters. The molecule has 4 rings (SSSR count). The summed E-state index contributed by atoms with van der Waals surface area (Å²) in [6.45, 7) is 10.7. The Morgan fingerprint density at radius 2 is 1.84 bits per heavy atom. The van der Waals surface area contributed by atoms with Crippen molar-refractivity contribution in [3.8, 4) is 5.75 Å². The smallest absolute Gasteiger partial charge is 0.260 e. The summed E-state index contributed by atoms with van der Waals surface area (Å²) in [5.41, 5.74) is 1.03. The van der Waals surface area contributed by atoms with Gasteiger partial charge >= 0.3 is 0 Å². The first-order valence-electron chi connectivity index (χ1n) is 12.0. The summed E-state index contributed by atoms with van der Waals surface area (Å²) in [7, 11) is -3.78. The average molecular weight is 552 g/mol. The number of benzene rings is 2. The molecule has 198 valence electrons. The van der Waals surface area contributed by atoms with Crippen molar-refractivity contribution in [2.24, 2.45) is 0 Å². The molecule has 0 saturated carbocycles. The fourth-order valence-corrected chi connectivity index (χ4v) is 6.24. The Bertz CT molecular complexity index is 1500. The second-order valence-electron chi connectivity index (χ2n) is 8.18. The van der Waals surface area contributed by atoms with Crippen LogP contribution in [0.25, 0.3) is 10.2 Å². The number of rotatable bonds is 13. The van der Waals surface area contributed by atoms with Gasteiger partial charge in [0.05, 0.1) is 22.7 Å². The van der Waals surface area contributed by atoms with Crippen LogP contribution in [0.15, 0.2) is 91.1 Å². The lowest BCUT2D eigenvalue weighted by Gasteiger charge is -2.21. The Morgan fingerprint density at radius 1 is 1.11 bits per heavy atom. The number of thiazole rings is 1. The highest BCUT2D eigenvalue weighted by Gasteiger charge is 2.25. The van der Waals surface area contributed by atoms with Crippen LogP contribution >= 0.6 is 11.3 Å². The highest BCUT2D eigenvalue weighted by molar-refractivity contribution is 7.89. The molecule has 9 nitrogen and oxygen atoms in total. The van der Waals surface area contributed by atoms with Gasteiger partial charge in [0.1, 0.15) is 11.3 Å². The van der Waals surface area contributed by atoms with E-state index >= 15 is 0 Å². The highest BCUT2D eigenvalue weighted by atomic mass is 32.2. The average Bonchev–Trinajstić information content (AvgIpc) is 3.59. The van der Waals surface area contributed by atoms with E-state index in [0.29, 0.717) is 41.7 Å². The molecule has 38 heavy (non-hydrogen) atoms. The van der Waals surface area contributed by atoms with Gasteiger partial charge in [-0.25, -0.2) is 13.4 Å². The van der Waals surface area contributed by atoms with E-state index in [1.54, 1.807) is 15.8 Å². The largest absolute Gasteiger partial charge is 0.492 e. The molecular weight excluding hydrogens is 522 g/mol. The van der Waals surface area contributed by atoms with Gasteiger partial charge in [0.15, 0.2) is 5.13 Å². The standard InChI is InChI=1S/C27H29N5O4S2/c1-4-16-31(17-5-2)38(34,35)22-13-11-21(12-14-22)26(33)32(20-19-30-18-8-15-28-30)27-29-25-23(36-6-3)9-7-10-24(25)37-27/h4-5,7-15,18H,1-2,6,16-17,19-20H2,3H3. The van der Waals surface area contributed by atoms with Crippen molar-refractivity contribution in [2.45, 2.75) is 18.4 Å². The van der Waals surface area contributed by atoms with Crippen molar-refractivity contribution in [1.29, 1.82) is 0 Å². The zero-order valence-corrected chi connectivity index (χ0v) is 22.7. The second-order valence-corrected chi connectivity index (χ2v) is 11.1. The molecule has 0 aliphatic rings. The van der Waals surface area contributed by atoms with E-state index in [4.69, 9.17) is 9.72 Å². The van der Waals surface area contributed by atoms with Gasteiger partial charge in [0.25, 0.3) is 5.91 Å². The SMILES string of the molecule is C=CCN(CC=C)S(=O)(=O)c1ccc(C(=O)N(CCn2cccn2)c2nc3c(OCC)cccc3s2)cc1. The van der Waals surface area contributed by atoms with Crippen molar-refractivity contribution in [1.82, 2.24) is 19.1 Å². The van der Waals surface area contributed by atoms with Crippen LogP contribution in [0, 0.1) is 0 Å². The van der Waals surface area contributed by atoms with Gasteiger partial charge in [-0.1, -0.05) is 29.6 Å². The monoisotopic (exact) mass is 551 g/mol. The number of hydrogen-bond acceptors (Lipinski definition) is 7. The molecule has 2 heterocycles. The maximum absolute atomic E-state index is 13.7. The van der Waals surface area contributed by atoms with Gasteiger partial charge in [-0.3, -0.25) is 14.4 Å². The van der Waals surface area contributed by atoms with Gasteiger partial charge in [-0.15, -0.1) is 13.2 Å². The Labute approximate surface area is 226 Å². The predicted molar refractivity (Wildman–Crippen MR) is 150 cm³/mol. The second kappa shape index (κ2) is 12.2. The topological polar surface area (TPSA) is 97.6 Å². The molecule has 4 aromatic rings. The van der Waals surface area contributed by atoms with Crippen LogP contribution in [-0.2, 0) is 16.6 Å². The zero-order valence-electron chi connectivity index (χ0n) is 21.1. The first kappa shape index (κ1) is 27.2. The van der Waals surface area contributed by atoms with E-state index < -0.39 is 10.0 Å². The molecule has 0 saturated heterocycles. The first-order valence-corrected chi connectivity index (χ1v) is 14.3. The summed E-state index contributed by atoms with van der Waals surface area (Å²) < 4.78 is 35.8. The lowest BCUT2D eigenvalue weighted by molar-refractivity contribution is 0.0985. The van der Waals surface area contributed by atoms with E-state index in [-0.39, 0.29) is 23.9 Å². The van der Waals surface area contributed by atoms with E-state index in [1.807, 2.05) is 37.4 Å². The van der Waals surface area contributed by atoms with E-state index in [2.05, 4.69) is 18.3 Å². The van der Waals surface area contributed by atoms with Crippen molar-refractivity contribution in [2.75, 3.05) is 31.1 Å². The summed E-state index contributed by atoms with van der Waals surface area (Å²) in [6.07, 6.45) is 6.54. The number of sulfonamides is 1. The van der Waals surface area contributed by atoms with Gasteiger partial charge in [0.2, 0.25) is 10.0 Å². The molecule has 0 fully saturated rings. The quantitative estimate of drug-likeness (QED) is 0.225. The molecule has 0 atom stereocenters. The number of nitrogens with zero attached hydrogens (tertiary/aromatic N) is 5. The Balaban J connectivity index is 1.66. The van der Waals surface area contributed by atoms with Crippen molar-refractivity contribution < 1.29 is 17.9 Å². The zero-order chi connectivity index (χ0) is 27.1. The number of amides is 1. The van der Waals surface area contributed by atoms with Crippen LogP contribution in [0.1, 0.15) is 17.3 Å². The minimum atomic E-state index is -3.78. The van der Waals surface area contributed by atoms with Crippen LogP contribution in [0.3, 0.4) is 0 Å². The van der Waals surface area contributed by atoms with Crippen LogP contribution in [-0.4, -0.2) is 59.6 Å². The summed E-state index contributed by atoms with van der Waals surface area (Å²) in [5.74, 6) is 0.359. The number of aromatic nitrogens is 3. The van der Waals surface area contributed by atoms with E-state index in [1.165, 1.54) is 52.1 Å². The number of carbonyl (C=O) groups excluding carboxylic acids is 1. The molecule has 0 bridgehead atoms. The van der Waals surface area contributed by atoms with Crippen LogP contribution in [0.2, 0.25) is 0 Å². The molecular formula is C27H29N5O4S2. The summed E-state index contributed by atoms with van der Waals surface area (Å²) in [6, 6.07) is 13.4. The fraction of sp³-hybridized carbons (Fsp3) is 0.222. The third-order valence-electron chi connectivity index (χ3n) is 5.66. The predicted octanol–water partition coefficient (Wildman–Crippen LogP) is 4.60. The highest BCUT2D eigenvalue weighted by Crippen LogP contribution is 2.35. The number of anilines is 1. The molecule has 11 heteroatoms. The number of hydrogen-bond donors (Lipinski definition) is 0. The summed E-state index contributed by atoms with van der Waals surface area (Å²) >= 11 is 1.39. The van der Waals surface area contributed by atoms with Gasteiger partial charge in [-0.2, -0.15) is 9.40 Å². The van der Waals surface area contributed by atoms with Crippen LogP contribution < -0.4 is 9.64 Å². The van der Waals surface area contributed by atoms with Crippen molar-refractivity contribution in [3.63, 3.8) is 0 Å². The minimum absolute atomic E-state index is 0.0854. The van der Waals surface area contributed by atoms with Gasteiger partial charge in [0, 0.05) is 37.6 Å². The normalized spacial score (nSPS) is 11.5. The molecule has 0 aliphatic carbocycles. The number of para-hydroxylation sites is 1. The fourth-order valence-electron chi connectivity index (χ4n) is 3.85. The summed E-state index contributed by atoms with van der Waals surface area (Å²) in [5, 5.41) is 4.75.